The Hall–Kier alpha value is -0.0900. The summed E-state index contributed by atoms with van der Waals surface area (Å²) in [6.45, 7) is -0.0250. The standard InChI is InChI=1S/C9H11BrClNO/c10-7-1-2-9(11)6(3-7)4-8(12)5-13/h1-3,8,13H,4-5,12H2. The van der Waals surface area contributed by atoms with Crippen LogP contribution in [0.5, 0.6) is 0 Å². The van der Waals surface area contributed by atoms with Gasteiger partial charge in [0.05, 0.1) is 6.61 Å². The van der Waals surface area contributed by atoms with E-state index in [1.54, 1.807) is 0 Å². The van der Waals surface area contributed by atoms with E-state index in [0.29, 0.717) is 11.4 Å². The van der Waals surface area contributed by atoms with Gasteiger partial charge in [-0.25, -0.2) is 0 Å². The Morgan fingerprint density at radius 1 is 1.54 bits per heavy atom. The lowest BCUT2D eigenvalue weighted by Crippen LogP contribution is -2.26. The third-order valence-corrected chi connectivity index (χ3v) is 2.59. The van der Waals surface area contributed by atoms with E-state index in [2.05, 4.69) is 15.9 Å². The molecule has 13 heavy (non-hydrogen) atoms. The first kappa shape index (κ1) is 11.0. The summed E-state index contributed by atoms with van der Waals surface area (Å²) in [5.74, 6) is 0. The smallest absolute Gasteiger partial charge is 0.0585 e. The molecule has 1 aromatic rings. The SMILES string of the molecule is NC(CO)Cc1cc(Br)ccc1Cl. The van der Waals surface area contributed by atoms with Crippen LogP contribution in [-0.2, 0) is 6.42 Å². The molecule has 0 amide bonds. The molecule has 0 saturated heterocycles. The van der Waals surface area contributed by atoms with Crippen LogP contribution in [0.3, 0.4) is 0 Å². The summed E-state index contributed by atoms with van der Waals surface area (Å²) in [5.41, 5.74) is 6.56. The highest BCUT2D eigenvalue weighted by Crippen LogP contribution is 2.21. The molecule has 2 nitrogen and oxygen atoms in total. The molecule has 0 fully saturated rings. The van der Waals surface area contributed by atoms with Crippen molar-refractivity contribution in [2.45, 2.75) is 12.5 Å². The average Bonchev–Trinajstić information content (AvgIpc) is 2.11. The molecule has 0 spiro atoms. The van der Waals surface area contributed by atoms with Crippen molar-refractivity contribution in [2.24, 2.45) is 5.73 Å². The van der Waals surface area contributed by atoms with Gasteiger partial charge < -0.3 is 10.8 Å². The second-order valence-electron chi connectivity index (χ2n) is 2.88. The molecule has 1 unspecified atom stereocenters. The van der Waals surface area contributed by atoms with Crippen molar-refractivity contribution in [3.63, 3.8) is 0 Å². The number of aliphatic hydroxyl groups is 1. The van der Waals surface area contributed by atoms with Gasteiger partial charge >= 0.3 is 0 Å². The molecule has 0 aliphatic rings. The van der Waals surface area contributed by atoms with E-state index >= 15 is 0 Å². The third kappa shape index (κ3) is 3.27. The minimum absolute atomic E-state index is 0.0250. The predicted octanol–water partition coefficient (Wildman–Crippen LogP) is 1.96. The lowest BCUT2D eigenvalue weighted by Gasteiger charge is -2.09. The normalized spacial score (nSPS) is 12.9. The molecule has 3 N–H and O–H groups in total. The van der Waals surface area contributed by atoms with Crippen molar-refractivity contribution in [3.8, 4) is 0 Å². The maximum Gasteiger partial charge on any atom is 0.0585 e. The zero-order valence-corrected chi connectivity index (χ0v) is 9.35. The van der Waals surface area contributed by atoms with Gasteiger partial charge in [0, 0.05) is 15.5 Å². The number of benzene rings is 1. The fourth-order valence-corrected chi connectivity index (χ4v) is 1.65. The summed E-state index contributed by atoms with van der Waals surface area (Å²) >= 11 is 9.29. The van der Waals surface area contributed by atoms with Crippen LogP contribution in [-0.4, -0.2) is 17.8 Å². The van der Waals surface area contributed by atoms with E-state index in [0.717, 1.165) is 10.0 Å². The molecule has 0 aliphatic carbocycles. The molecule has 0 saturated carbocycles. The lowest BCUT2D eigenvalue weighted by atomic mass is 10.1. The van der Waals surface area contributed by atoms with Gasteiger partial charge in [-0.1, -0.05) is 27.5 Å². The van der Waals surface area contributed by atoms with E-state index in [1.807, 2.05) is 18.2 Å². The Bertz CT molecular complexity index is 293. The molecule has 0 bridgehead atoms. The Morgan fingerprint density at radius 2 is 2.23 bits per heavy atom. The second kappa shape index (κ2) is 4.96. The predicted molar refractivity (Wildman–Crippen MR) is 57.9 cm³/mol. The van der Waals surface area contributed by atoms with E-state index in [9.17, 15) is 0 Å². The average molecular weight is 265 g/mol. The van der Waals surface area contributed by atoms with Crippen LogP contribution in [0.1, 0.15) is 5.56 Å². The Morgan fingerprint density at radius 3 is 2.85 bits per heavy atom. The van der Waals surface area contributed by atoms with Gasteiger partial charge in [-0.15, -0.1) is 0 Å². The maximum atomic E-state index is 8.78. The van der Waals surface area contributed by atoms with Crippen LogP contribution in [0, 0.1) is 0 Å². The van der Waals surface area contributed by atoms with Crippen LogP contribution in [0.2, 0.25) is 5.02 Å². The maximum absolute atomic E-state index is 8.78. The summed E-state index contributed by atoms with van der Waals surface area (Å²) in [6.07, 6.45) is 0.592. The molecule has 0 radical (unpaired) electrons. The van der Waals surface area contributed by atoms with Crippen LogP contribution in [0.15, 0.2) is 22.7 Å². The van der Waals surface area contributed by atoms with Crippen molar-refractivity contribution >= 4 is 27.5 Å². The molecule has 1 rings (SSSR count). The summed E-state index contributed by atoms with van der Waals surface area (Å²) < 4.78 is 0.969. The molecule has 1 atom stereocenters. The second-order valence-corrected chi connectivity index (χ2v) is 4.21. The van der Waals surface area contributed by atoms with Gasteiger partial charge in [-0.05, 0) is 30.2 Å². The third-order valence-electron chi connectivity index (χ3n) is 1.72. The van der Waals surface area contributed by atoms with E-state index < -0.39 is 0 Å². The summed E-state index contributed by atoms with van der Waals surface area (Å²) in [4.78, 5) is 0. The van der Waals surface area contributed by atoms with Crippen molar-refractivity contribution < 1.29 is 5.11 Å². The van der Waals surface area contributed by atoms with Crippen molar-refractivity contribution in [3.05, 3.63) is 33.3 Å². The van der Waals surface area contributed by atoms with Gasteiger partial charge in [-0.3, -0.25) is 0 Å². The van der Waals surface area contributed by atoms with Crippen molar-refractivity contribution in [2.75, 3.05) is 6.61 Å². The number of hydrogen-bond acceptors (Lipinski definition) is 2. The van der Waals surface area contributed by atoms with Gasteiger partial charge in [0.25, 0.3) is 0 Å². The summed E-state index contributed by atoms with van der Waals surface area (Å²) in [7, 11) is 0. The zero-order chi connectivity index (χ0) is 9.84. The van der Waals surface area contributed by atoms with Crippen LogP contribution >= 0.6 is 27.5 Å². The quantitative estimate of drug-likeness (QED) is 0.877. The first-order valence-electron chi connectivity index (χ1n) is 3.94. The van der Waals surface area contributed by atoms with E-state index in [4.69, 9.17) is 22.4 Å². The zero-order valence-electron chi connectivity index (χ0n) is 7.00. The Labute approximate surface area is 90.8 Å². The fraction of sp³-hybridized carbons (Fsp3) is 0.333. The van der Waals surface area contributed by atoms with E-state index in [1.165, 1.54) is 0 Å². The van der Waals surface area contributed by atoms with Gasteiger partial charge in [-0.2, -0.15) is 0 Å². The fourth-order valence-electron chi connectivity index (χ4n) is 1.05. The number of rotatable bonds is 3. The van der Waals surface area contributed by atoms with Gasteiger partial charge in [0.1, 0.15) is 0 Å². The monoisotopic (exact) mass is 263 g/mol. The molecule has 72 valence electrons. The van der Waals surface area contributed by atoms with E-state index in [-0.39, 0.29) is 12.6 Å². The van der Waals surface area contributed by atoms with Crippen LogP contribution < -0.4 is 5.73 Å². The van der Waals surface area contributed by atoms with Crippen LogP contribution in [0.25, 0.3) is 0 Å². The number of halogens is 2. The molecule has 0 aromatic heterocycles. The highest BCUT2D eigenvalue weighted by molar-refractivity contribution is 9.10. The molecular weight excluding hydrogens is 253 g/mol. The lowest BCUT2D eigenvalue weighted by molar-refractivity contribution is 0.265. The largest absolute Gasteiger partial charge is 0.395 e. The number of aliphatic hydroxyl groups excluding tert-OH is 1. The topological polar surface area (TPSA) is 46.2 Å². The molecule has 1 aromatic carbocycles. The molecule has 4 heteroatoms. The highest BCUT2D eigenvalue weighted by Gasteiger charge is 2.06. The first-order chi connectivity index (χ1) is 6.13. The minimum atomic E-state index is -0.244. The highest BCUT2D eigenvalue weighted by atomic mass is 79.9. The number of hydrogen-bond donors (Lipinski definition) is 2. The van der Waals surface area contributed by atoms with Crippen molar-refractivity contribution in [1.29, 1.82) is 0 Å². The Balaban J connectivity index is 2.81. The first-order valence-corrected chi connectivity index (χ1v) is 5.11. The molecular formula is C9H11BrClNO. The van der Waals surface area contributed by atoms with Crippen molar-refractivity contribution in [1.82, 2.24) is 0 Å². The van der Waals surface area contributed by atoms with Crippen LogP contribution in [0.4, 0.5) is 0 Å². The van der Waals surface area contributed by atoms with Gasteiger partial charge in [0.15, 0.2) is 0 Å². The number of nitrogens with two attached hydrogens (primary N) is 1. The Kier molecular flexibility index (Phi) is 4.19. The summed E-state index contributed by atoms with van der Waals surface area (Å²) in [5, 5.41) is 9.46. The molecule has 0 heterocycles. The van der Waals surface area contributed by atoms with Gasteiger partial charge in [0.2, 0.25) is 0 Å². The summed E-state index contributed by atoms with van der Waals surface area (Å²) in [6, 6.07) is 5.35. The molecule has 0 aliphatic heterocycles. The minimum Gasteiger partial charge on any atom is -0.395 e.